The molecule has 0 aromatic rings. The summed E-state index contributed by atoms with van der Waals surface area (Å²) in [4.78, 5) is 23.0. The van der Waals surface area contributed by atoms with Crippen molar-refractivity contribution in [3.63, 3.8) is 0 Å². The number of esters is 1. The number of carbonyl (C=O) groups excluding carboxylic acids is 2. The highest BCUT2D eigenvalue weighted by Crippen LogP contribution is 2.17. The quantitative estimate of drug-likeness (QED) is 0.437. The fourth-order valence-electron chi connectivity index (χ4n) is 1.11. The first-order valence-electron chi connectivity index (χ1n) is 3.88. The Morgan fingerprint density at radius 1 is 1.42 bits per heavy atom. The molecule has 0 radical (unpaired) electrons. The summed E-state index contributed by atoms with van der Waals surface area (Å²) in [5.74, 6) is -0.454. The van der Waals surface area contributed by atoms with Gasteiger partial charge in [0.1, 0.15) is 6.54 Å². The van der Waals surface area contributed by atoms with Crippen LogP contribution < -0.4 is 0 Å². The summed E-state index contributed by atoms with van der Waals surface area (Å²) in [6, 6.07) is 0. The smallest absolute Gasteiger partial charge is 0.375 e. The second kappa shape index (κ2) is 2.77. The van der Waals surface area contributed by atoms with Crippen LogP contribution in [0.15, 0.2) is 0 Å². The number of amides is 1. The number of hydrogen-bond acceptors (Lipinski definition) is 3. The van der Waals surface area contributed by atoms with Crippen molar-refractivity contribution in [3.8, 4) is 0 Å². The Morgan fingerprint density at radius 2 is 2.00 bits per heavy atom. The Morgan fingerprint density at radius 3 is 2.33 bits per heavy atom. The van der Waals surface area contributed by atoms with E-state index in [2.05, 4.69) is 4.74 Å². The molecule has 0 aromatic heterocycles. The van der Waals surface area contributed by atoms with Crippen LogP contribution in [0.3, 0.4) is 0 Å². The van der Waals surface area contributed by atoms with Crippen LogP contribution in [0.1, 0.15) is 20.8 Å². The fourth-order valence-corrected chi connectivity index (χ4v) is 1.11. The number of hydrogen-bond donors (Lipinski definition) is 0. The van der Waals surface area contributed by atoms with Crippen molar-refractivity contribution in [1.82, 2.24) is 4.90 Å². The zero-order valence-electron chi connectivity index (χ0n) is 7.59. The molecule has 0 aromatic carbocycles. The molecular weight excluding hydrogens is 158 g/mol. The van der Waals surface area contributed by atoms with E-state index in [9.17, 15) is 9.59 Å². The second-order valence-corrected chi connectivity index (χ2v) is 4.16. The van der Waals surface area contributed by atoms with Crippen LogP contribution in [0, 0.1) is 5.41 Å². The summed E-state index contributed by atoms with van der Waals surface area (Å²) in [5.41, 5.74) is 0.00361. The Balaban J connectivity index is 2.54. The maximum Gasteiger partial charge on any atom is 0.418 e. The van der Waals surface area contributed by atoms with Gasteiger partial charge in [0.2, 0.25) is 0 Å². The predicted octanol–water partition coefficient (Wildman–Crippen LogP) is 1.01. The lowest BCUT2D eigenvalue weighted by atomic mass is 9.96. The van der Waals surface area contributed by atoms with Crippen LogP contribution in [-0.2, 0) is 9.53 Å². The summed E-state index contributed by atoms with van der Waals surface area (Å²) < 4.78 is 4.37. The number of rotatable bonds is 1. The summed E-state index contributed by atoms with van der Waals surface area (Å²) in [5, 5.41) is 0. The lowest BCUT2D eigenvalue weighted by molar-refractivity contribution is -0.132. The van der Waals surface area contributed by atoms with Crippen LogP contribution in [0.4, 0.5) is 4.79 Å². The zero-order chi connectivity index (χ0) is 9.35. The zero-order valence-corrected chi connectivity index (χ0v) is 7.59. The van der Waals surface area contributed by atoms with Gasteiger partial charge in [-0.15, -0.1) is 0 Å². The van der Waals surface area contributed by atoms with Gasteiger partial charge >= 0.3 is 12.1 Å². The minimum atomic E-state index is -0.519. The lowest BCUT2D eigenvalue weighted by Crippen LogP contribution is -2.33. The first kappa shape index (κ1) is 9.03. The van der Waals surface area contributed by atoms with E-state index >= 15 is 0 Å². The molecule has 0 atom stereocenters. The molecule has 0 saturated carbocycles. The maximum absolute atomic E-state index is 10.9. The summed E-state index contributed by atoms with van der Waals surface area (Å²) in [6.45, 7) is 6.66. The Bertz CT molecular complexity index is 217. The molecule has 1 saturated heterocycles. The topological polar surface area (TPSA) is 46.6 Å². The van der Waals surface area contributed by atoms with Crippen molar-refractivity contribution >= 4 is 12.1 Å². The van der Waals surface area contributed by atoms with Gasteiger partial charge in [-0.3, -0.25) is 4.90 Å². The molecule has 4 nitrogen and oxygen atoms in total. The summed E-state index contributed by atoms with van der Waals surface area (Å²) >= 11 is 0. The molecule has 68 valence electrons. The molecule has 0 spiro atoms. The molecule has 4 heteroatoms. The molecule has 1 aliphatic rings. The van der Waals surface area contributed by atoms with E-state index in [1.165, 1.54) is 4.90 Å². The molecule has 1 rings (SSSR count). The summed E-state index contributed by atoms with van der Waals surface area (Å²) in [6.07, 6.45) is -0.519. The SMILES string of the molecule is CC(C)(C)CN1CC(=O)OC1=O. The number of carbonyl (C=O) groups is 2. The van der Waals surface area contributed by atoms with E-state index in [1.54, 1.807) is 0 Å². The van der Waals surface area contributed by atoms with Crippen molar-refractivity contribution in [2.75, 3.05) is 13.1 Å². The van der Waals surface area contributed by atoms with Gasteiger partial charge in [-0.25, -0.2) is 9.59 Å². The van der Waals surface area contributed by atoms with Crippen molar-refractivity contribution < 1.29 is 14.3 Å². The normalized spacial score (nSPS) is 18.4. The predicted molar refractivity (Wildman–Crippen MR) is 42.5 cm³/mol. The van der Waals surface area contributed by atoms with Crippen molar-refractivity contribution in [2.24, 2.45) is 5.41 Å². The van der Waals surface area contributed by atoms with Crippen LogP contribution >= 0.6 is 0 Å². The van der Waals surface area contributed by atoms with Crippen LogP contribution in [-0.4, -0.2) is 30.1 Å². The third-order valence-corrected chi connectivity index (χ3v) is 1.44. The highest BCUT2D eigenvalue weighted by Gasteiger charge is 2.32. The first-order valence-corrected chi connectivity index (χ1v) is 3.88. The van der Waals surface area contributed by atoms with Gasteiger partial charge in [0.05, 0.1) is 0 Å². The minimum Gasteiger partial charge on any atom is -0.375 e. The van der Waals surface area contributed by atoms with Gasteiger partial charge in [-0.1, -0.05) is 20.8 Å². The Labute approximate surface area is 71.5 Å². The van der Waals surface area contributed by atoms with Gasteiger partial charge in [-0.2, -0.15) is 0 Å². The lowest BCUT2D eigenvalue weighted by Gasteiger charge is -2.23. The van der Waals surface area contributed by atoms with Gasteiger partial charge in [-0.05, 0) is 5.41 Å². The van der Waals surface area contributed by atoms with Crippen molar-refractivity contribution in [3.05, 3.63) is 0 Å². The van der Waals surface area contributed by atoms with E-state index in [4.69, 9.17) is 0 Å². The molecule has 0 unspecified atom stereocenters. The molecule has 1 fully saturated rings. The van der Waals surface area contributed by atoms with Crippen LogP contribution in [0.5, 0.6) is 0 Å². The van der Waals surface area contributed by atoms with Crippen molar-refractivity contribution in [1.29, 1.82) is 0 Å². The average molecular weight is 171 g/mol. The van der Waals surface area contributed by atoms with E-state index in [1.807, 2.05) is 20.8 Å². The van der Waals surface area contributed by atoms with E-state index < -0.39 is 12.1 Å². The van der Waals surface area contributed by atoms with Gasteiger partial charge in [0, 0.05) is 6.54 Å². The Hall–Kier alpha value is -1.06. The first-order chi connectivity index (χ1) is 5.38. The molecule has 1 heterocycles. The second-order valence-electron chi connectivity index (χ2n) is 4.16. The summed E-state index contributed by atoms with van der Waals surface area (Å²) in [7, 11) is 0. The Kier molecular flexibility index (Phi) is 2.08. The fraction of sp³-hybridized carbons (Fsp3) is 0.750. The highest BCUT2D eigenvalue weighted by molar-refractivity contribution is 5.92. The molecular formula is C8H13NO3. The number of nitrogens with zero attached hydrogens (tertiary/aromatic N) is 1. The minimum absolute atomic E-state index is 0.00361. The van der Waals surface area contributed by atoms with Gasteiger partial charge in [0.25, 0.3) is 0 Å². The number of ether oxygens (including phenoxy) is 1. The third-order valence-electron chi connectivity index (χ3n) is 1.44. The van der Waals surface area contributed by atoms with Crippen LogP contribution in [0.25, 0.3) is 0 Å². The molecule has 12 heavy (non-hydrogen) atoms. The highest BCUT2D eigenvalue weighted by atomic mass is 16.6. The number of cyclic esters (lactones) is 2. The monoisotopic (exact) mass is 171 g/mol. The van der Waals surface area contributed by atoms with Crippen LogP contribution in [0.2, 0.25) is 0 Å². The van der Waals surface area contributed by atoms with E-state index in [0.29, 0.717) is 6.54 Å². The molecule has 1 amide bonds. The standard InChI is InChI=1S/C8H13NO3/c1-8(2,3)5-9-4-6(10)12-7(9)11/h4-5H2,1-3H3. The average Bonchev–Trinajstić information content (AvgIpc) is 2.06. The molecule has 0 bridgehead atoms. The van der Waals surface area contributed by atoms with E-state index in [-0.39, 0.29) is 12.0 Å². The maximum atomic E-state index is 10.9. The van der Waals surface area contributed by atoms with Gasteiger partial charge < -0.3 is 4.74 Å². The van der Waals surface area contributed by atoms with E-state index in [0.717, 1.165) is 0 Å². The van der Waals surface area contributed by atoms with Gasteiger partial charge in [0.15, 0.2) is 0 Å². The molecule has 0 aliphatic carbocycles. The largest absolute Gasteiger partial charge is 0.418 e. The van der Waals surface area contributed by atoms with Crippen molar-refractivity contribution in [2.45, 2.75) is 20.8 Å². The third kappa shape index (κ3) is 2.22. The molecule has 1 aliphatic heterocycles. The molecule has 0 N–H and O–H groups in total.